The predicted octanol–water partition coefficient (Wildman–Crippen LogP) is 3.13. The highest BCUT2D eigenvalue weighted by molar-refractivity contribution is 6.31. The van der Waals surface area contributed by atoms with Gasteiger partial charge >= 0.3 is 0 Å². The van der Waals surface area contributed by atoms with Gasteiger partial charge in [0.15, 0.2) is 0 Å². The largest absolute Gasteiger partial charge is 0.324 e. The number of aryl methyl sites for hydroxylation is 1. The highest BCUT2D eigenvalue weighted by Gasteiger charge is 2.16. The number of rotatable bonds is 4. The van der Waals surface area contributed by atoms with Crippen molar-refractivity contribution in [2.24, 2.45) is 5.73 Å². The fourth-order valence-electron chi connectivity index (χ4n) is 2.46. The van der Waals surface area contributed by atoms with Gasteiger partial charge in [0, 0.05) is 29.4 Å². The molecule has 2 aromatic rings. The summed E-state index contributed by atoms with van der Waals surface area (Å²) in [5.74, 6) is 0. The van der Waals surface area contributed by atoms with Gasteiger partial charge < -0.3 is 5.73 Å². The number of benzene rings is 1. The van der Waals surface area contributed by atoms with Gasteiger partial charge in [0.05, 0.1) is 22.2 Å². The number of non-ortho nitro benzene ring substituents is 1. The van der Waals surface area contributed by atoms with Gasteiger partial charge in [0.2, 0.25) is 0 Å². The van der Waals surface area contributed by atoms with Gasteiger partial charge in [-0.1, -0.05) is 11.6 Å². The molecule has 0 aliphatic carbocycles. The van der Waals surface area contributed by atoms with Crippen LogP contribution in [-0.4, -0.2) is 14.7 Å². The van der Waals surface area contributed by atoms with Crippen LogP contribution < -0.4 is 5.73 Å². The zero-order valence-corrected chi connectivity index (χ0v) is 12.9. The molecule has 0 bridgehead atoms. The summed E-state index contributed by atoms with van der Waals surface area (Å²) in [4.78, 5) is 10.3. The number of nitrogens with two attached hydrogens (primary N) is 1. The molecule has 0 radical (unpaired) electrons. The molecule has 1 unspecified atom stereocenters. The summed E-state index contributed by atoms with van der Waals surface area (Å²) in [7, 11) is 0. The zero-order chi connectivity index (χ0) is 15.7. The van der Waals surface area contributed by atoms with Crippen molar-refractivity contribution >= 4 is 17.3 Å². The number of aromatic nitrogens is 2. The minimum Gasteiger partial charge on any atom is -0.324 e. The Hall–Kier alpha value is -1.92. The van der Waals surface area contributed by atoms with Crippen LogP contribution >= 0.6 is 11.6 Å². The average Bonchev–Trinajstić information content (AvgIpc) is 2.66. The molecule has 1 aromatic carbocycles. The highest BCUT2D eigenvalue weighted by Crippen LogP contribution is 2.25. The summed E-state index contributed by atoms with van der Waals surface area (Å²) < 4.78 is 1.82. The van der Waals surface area contributed by atoms with E-state index in [-0.39, 0.29) is 11.7 Å². The van der Waals surface area contributed by atoms with Gasteiger partial charge in [-0.2, -0.15) is 5.10 Å². The molecule has 2 rings (SSSR count). The summed E-state index contributed by atoms with van der Waals surface area (Å²) in [6.07, 6.45) is 0. The molecular formula is C14H17ClN4O2. The minimum absolute atomic E-state index is 0.0200. The molecule has 0 spiro atoms. The Morgan fingerprint density at radius 3 is 2.62 bits per heavy atom. The third-order valence-electron chi connectivity index (χ3n) is 3.46. The van der Waals surface area contributed by atoms with E-state index in [0.29, 0.717) is 11.6 Å². The highest BCUT2D eigenvalue weighted by atomic mass is 35.5. The molecule has 0 fully saturated rings. The maximum atomic E-state index is 10.7. The smallest absolute Gasteiger partial charge is 0.270 e. The first-order chi connectivity index (χ1) is 9.81. The number of nitro benzene ring substituents is 1. The molecule has 0 saturated carbocycles. The van der Waals surface area contributed by atoms with Crippen molar-refractivity contribution in [3.8, 4) is 0 Å². The van der Waals surface area contributed by atoms with E-state index in [1.165, 1.54) is 12.1 Å². The summed E-state index contributed by atoms with van der Waals surface area (Å²) in [6, 6.07) is 4.36. The normalized spacial score (nSPS) is 12.4. The first-order valence-corrected chi connectivity index (χ1v) is 6.91. The van der Waals surface area contributed by atoms with Crippen molar-refractivity contribution in [1.82, 2.24) is 9.78 Å². The maximum Gasteiger partial charge on any atom is 0.270 e. The Morgan fingerprint density at radius 2 is 2.14 bits per heavy atom. The fraction of sp³-hybridized carbons (Fsp3) is 0.357. The Morgan fingerprint density at radius 1 is 1.48 bits per heavy atom. The van der Waals surface area contributed by atoms with E-state index in [2.05, 4.69) is 5.10 Å². The molecule has 2 N–H and O–H groups in total. The fourth-order valence-corrected chi connectivity index (χ4v) is 2.70. The van der Waals surface area contributed by atoms with Crippen LogP contribution in [0.25, 0.3) is 0 Å². The van der Waals surface area contributed by atoms with Crippen molar-refractivity contribution in [2.45, 2.75) is 33.4 Å². The molecule has 6 nitrogen and oxygen atoms in total. The maximum absolute atomic E-state index is 10.7. The van der Waals surface area contributed by atoms with E-state index in [9.17, 15) is 10.1 Å². The Bertz CT molecular complexity index is 695. The number of nitrogens with zero attached hydrogens (tertiary/aromatic N) is 3. The van der Waals surface area contributed by atoms with Crippen LogP contribution in [0.2, 0.25) is 5.02 Å². The first-order valence-electron chi connectivity index (χ1n) is 6.53. The molecule has 112 valence electrons. The number of nitro groups is 1. The summed E-state index contributed by atoms with van der Waals surface area (Å²) in [6.45, 7) is 6.24. The van der Waals surface area contributed by atoms with Crippen molar-refractivity contribution in [2.75, 3.05) is 0 Å². The van der Waals surface area contributed by atoms with Gasteiger partial charge in [-0.25, -0.2) is 0 Å². The van der Waals surface area contributed by atoms with E-state index in [1.807, 2.05) is 25.5 Å². The Balaban J connectivity index is 2.35. The zero-order valence-electron chi connectivity index (χ0n) is 12.1. The van der Waals surface area contributed by atoms with Crippen LogP contribution in [-0.2, 0) is 6.54 Å². The molecule has 0 aliphatic rings. The van der Waals surface area contributed by atoms with Crippen LogP contribution in [0.3, 0.4) is 0 Å². The van der Waals surface area contributed by atoms with Gasteiger partial charge in [-0.3, -0.25) is 14.8 Å². The average molecular weight is 309 g/mol. The summed E-state index contributed by atoms with van der Waals surface area (Å²) in [5, 5.41) is 15.5. The molecule has 1 aromatic heterocycles. The minimum atomic E-state index is -0.465. The topological polar surface area (TPSA) is 87.0 Å². The van der Waals surface area contributed by atoms with Crippen molar-refractivity contribution < 1.29 is 4.92 Å². The SMILES string of the molecule is Cc1nn(Cc2ccc([N+](=O)[O-])cc2Cl)c(C)c1C(C)N. The molecular weight excluding hydrogens is 292 g/mol. The molecule has 0 aliphatic heterocycles. The second kappa shape index (κ2) is 5.83. The van der Waals surface area contributed by atoms with E-state index >= 15 is 0 Å². The molecule has 1 heterocycles. The van der Waals surface area contributed by atoms with Crippen LogP contribution in [0.1, 0.15) is 35.5 Å². The monoisotopic (exact) mass is 308 g/mol. The number of hydrogen-bond donors (Lipinski definition) is 1. The second-order valence-corrected chi connectivity index (χ2v) is 5.47. The number of hydrogen-bond acceptors (Lipinski definition) is 4. The van der Waals surface area contributed by atoms with Crippen molar-refractivity contribution in [3.05, 3.63) is 55.9 Å². The Labute approximate surface area is 127 Å². The van der Waals surface area contributed by atoms with E-state index in [0.717, 1.165) is 22.5 Å². The third-order valence-corrected chi connectivity index (χ3v) is 3.81. The molecule has 0 saturated heterocycles. The predicted molar refractivity (Wildman–Crippen MR) is 81.5 cm³/mol. The van der Waals surface area contributed by atoms with Gasteiger partial charge in [-0.05, 0) is 32.4 Å². The molecule has 1 atom stereocenters. The lowest BCUT2D eigenvalue weighted by molar-refractivity contribution is -0.384. The van der Waals surface area contributed by atoms with E-state index in [1.54, 1.807) is 6.07 Å². The number of halogens is 1. The van der Waals surface area contributed by atoms with Crippen molar-refractivity contribution in [1.29, 1.82) is 0 Å². The van der Waals surface area contributed by atoms with Crippen LogP contribution in [0.5, 0.6) is 0 Å². The van der Waals surface area contributed by atoms with Crippen LogP contribution in [0, 0.1) is 24.0 Å². The standard InChI is InChI=1S/C14H17ClN4O2/c1-8(16)14-9(2)17-18(10(14)3)7-11-4-5-12(19(20)21)6-13(11)15/h4-6,8H,7,16H2,1-3H3. The lowest BCUT2D eigenvalue weighted by Gasteiger charge is -2.09. The van der Waals surface area contributed by atoms with Crippen LogP contribution in [0.15, 0.2) is 18.2 Å². The molecule has 21 heavy (non-hydrogen) atoms. The molecule has 7 heteroatoms. The van der Waals surface area contributed by atoms with Gasteiger partial charge in [0.25, 0.3) is 5.69 Å². The molecule has 0 amide bonds. The third kappa shape index (κ3) is 3.06. The lowest BCUT2D eigenvalue weighted by Crippen LogP contribution is -2.09. The van der Waals surface area contributed by atoms with Gasteiger partial charge in [0.1, 0.15) is 0 Å². The van der Waals surface area contributed by atoms with Crippen molar-refractivity contribution in [3.63, 3.8) is 0 Å². The second-order valence-electron chi connectivity index (χ2n) is 5.06. The Kier molecular flexibility index (Phi) is 4.29. The van der Waals surface area contributed by atoms with Crippen LogP contribution in [0.4, 0.5) is 5.69 Å². The van der Waals surface area contributed by atoms with E-state index < -0.39 is 4.92 Å². The van der Waals surface area contributed by atoms with Gasteiger partial charge in [-0.15, -0.1) is 0 Å². The lowest BCUT2D eigenvalue weighted by atomic mass is 10.1. The summed E-state index contributed by atoms with van der Waals surface area (Å²) in [5.41, 5.74) is 9.61. The summed E-state index contributed by atoms with van der Waals surface area (Å²) >= 11 is 6.11. The van der Waals surface area contributed by atoms with E-state index in [4.69, 9.17) is 17.3 Å². The first kappa shape index (κ1) is 15.5. The quantitative estimate of drug-likeness (QED) is 0.694.